The van der Waals surface area contributed by atoms with E-state index < -0.39 is 0 Å². The van der Waals surface area contributed by atoms with Crippen LogP contribution in [0.3, 0.4) is 0 Å². The van der Waals surface area contributed by atoms with Crippen molar-refractivity contribution >= 4 is 22.6 Å². The minimum Gasteiger partial charge on any atom is -0.439 e. The molecule has 0 radical (unpaired) electrons. The number of nitriles is 1. The second-order valence-corrected chi connectivity index (χ2v) is 6.16. The zero-order valence-corrected chi connectivity index (χ0v) is 15.0. The van der Waals surface area contributed by atoms with Crippen LogP contribution >= 0.6 is 0 Å². The van der Waals surface area contributed by atoms with Gasteiger partial charge in [0.1, 0.15) is 23.8 Å². The summed E-state index contributed by atoms with van der Waals surface area (Å²) in [4.78, 5) is 20.4. The average Bonchev–Trinajstić information content (AvgIpc) is 3.11. The number of rotatable bonds is 3. The molecule has 1 amide bonds. The lowest BCUT2D eigenvalue weighted by atomic mass is 10.2. The molecule has 28 heavy (non-hydrogen) atoms. The Balaban J connectivity index is 1.57. The fourth-order valence-electron chi connectivity index (χ4n) is 2.84. The van der Waals surface area contributed by atoms with E-state index in [9.17, 15) is 4.79 Å². The Hall–Kier alpha value is -4.18. The predicted octanol–water partition coefficient (Wildman–Crippen LogP) is 4.48. The number of nitrogens with one attached hydrogen (secondary N) is 1. The Kier molecular flexibility index (Phi) is 4.44. The van der Waals surface area contributed by atoms with E-state index in [1.165, 1.54) is 12.4 Å². The molecule has 2 aromatic heterocycles. The Labute approximate surface area is 160 Å². The number of amides is 1. The third kappa shape index (κ3) is 3.52. The van der Waals surface area contributed by atoms with Crippen LogP contribution in [0.15, 0.2) is 67.1 Å². The van der Waals surface area contributed by atoms with Gasteiger partial charge in [-0.25, -0.2) is 14.8 Å². The molecular weight excluding hydrogens is 354 g/mol. The number of benzene rings is 2. The average molecular weight is 369 g/mol. The van der Waals surface area contributed by atoms with Crippen molar-refractivity contribution in [3.63, 3.8) is 0 Å². The molecule has 0 aliphatic rings. The number of carbonyl (C=O) groups excluding carboxylic acids is 1. The molecule has 7 heteroatoms. The van der Waals surface area contributed by atoms with Crippen LogP contribution in [-0.2, 0) is 0 Å². The van der Waals surface area contributed by atoms with Crippen LogP contribution in [0.1, 0.15) is 11.3 Å². The molecule has 0 atom stereocenters. The minimum atomic E-state index is -0.247. The van der Waals surface area contributed by atoms with E-state index in [0.717, 1.165) is 22.2 Å². The van der Waals surface area contributed by atoms with E-state index in [2.05, 4.69) is 15.3 Å². The zero-order chi connectivity index (χ0) is 19.5. The molecule has 4 rings (SSSR count). The first-order valence-electron chi connectivity index (χ1n) is 8.51. The molecule has 136 valence electrons. The molecule has 4 aromatic rings. The lowest BCUT2D eigenvalue weighted by Gasteiger charge is -2.09. The SMILES string of the molecule is Cc1cccc(NC(=O)n2ccc3cc(Oc4cc(C#N)ncn4)ccc32)c1. The van der Waals surface area contributed by atoms with E-state index in [1.807, 2.05) is 43.3 Å². The molecule has 0 aliphatic heterocycles. The van der Waals surface area contributed by atoms with Gasteiger partial charge >= 0.3 is 6.03 Å². The van der Waals surface area contributed by atoms with Crippen LogP contribution < -0.4 is 10.1 Å². The fraction of sp³-hybridized carbons (Fsp3) is 0.0476. The smallest absolute Gasteiger partial charge is 0.330 e. The van der Waals surface area contributed by atoms with Gasteiger partial charge in [0.15, 0.2) is 0 Å². The number of anilines is 1. The van der Waals surface area contributed by atoms with Gasteiger partial charge < -0.3 is 10.1 Å². The van der Waals surface area contributed by atoms with Crippen LogP contribution in [0.4, 0.5) is 10.5 Å². The highest BCUT2D eigenvalue weighted by Gasteiger charge is 2.11. The maximum Gasteiger partial charge on any atom is 0.330 e. The normalized spacial score (nSPS) is 10.4. The van der Waals surface area contributed by atoms with Crippen molar-refractivity contribution in [3.8, 4) is 17.7 Å². The quantitative estimate of drug-likeness (QED) is 0.574. The molecule has 0 aliphatic carbocycles. The van der Waals surface area contributed by atoms with Crippen LogP contribution in [-0.4, -0.2) is 20.6 Å². The number of aromatic nitrogens is 3. The maximum absolute atomic E-state index is 12.6. The molecule has 0 saturated carbocycles. The van der Waals surface area contributed by atoms with Crippen LogP contribution in [0, 0.1) is 18.3 Å². The van der Waals surface area contributed by atoms with Crippen molar-refractivity contribution in [1.29, 1.82) is 5.26 Å². The van der Waals surface area contributed by atoms with Gasteiger partial charge in [0.05, 0.1) is 5.52 Å². The van der Waals surface area contributed by atoms with Gasteiger partial charge in [-0.3, -0.25) is 4.57 Å². The first-order chi connectivity index (χ1) is 13.6. The van der Waals surface area contributed by atoms with Gasteiger partial charge in [-0.05, 0) is 48.9 Å². The Bertz CT molecular complexity index is 1220. The molecule has 0 unspecified atom stereocenters. The highest BCUT2D eigenvalue weighted by Crippen LogP contribution is 2.26. The molecule has 7 nitrogen and oxygen atoms in total. The van der Waals surface area contributed by atoms with E-state index in [0.29, 0.717) is 5.75 Å². The second-order valence-electron chi connectivity index (χ2n) is 6.16. The Morgan fingerprint density at radius 3 is 2.86 bits per heavy atom. The summed E-state index contributed by atoms with van der Waals surface area (Å²) in [5.41, 5.74) is 2.79. The molecular formula is C21H15N5O2. The van der Waals surface area contributed by atoms with Crippen LogP contribution in [0.25, 0.3) is 10.9 Å². The van der Waals surface area contributed by atoms with Crippen LogP contribution in [0.5, 0.6) is 11.6 Å². The number of ether oxygens (including phenoxy) is 1. The first kappa shape index (κ1) is 17.2. The lowest BCUT2D eigenvalue weighted by molar-refractivity contribution is 0.254. The van der Waals surface area contributed by atoms with Gasteiger partial charge in [0.25, 0.3) is 0 Å². The van der Waals surface area contributed by atoms with Crippen molar-refractivity contribution in [2.24, 2.45) is 0 Å². The van der Waals surface area contributed by atoms with Crippen molar-refractivity contribution in [2.75, 3.05) is 5.32 Å². The van der Waals surface area contributed by atoms with Gasteiger partial charge in [-0.15, -0.1) is 0 Å². The lowest BCUT2D eigenvalue weighted by Crippen LogP contribution is -2.18. The first-order valence-corrected chi connectivity index (χ1v) is 8.51. The number of nitrogens with zero attached hydrogens (tertiary/aromatic N) is 4. The standard InChI is InChI=1S/C21H15N5O2/c1-14-3-2-4-16(9-14)25-21(27)26-8-7-15-10-18(5-6-19(15)26)28-20-11-17(12-22)23-13-24-20/h2-11,13H,1H3,(H,25,27). The minimum absolute atomic E-state index is 0.227. The van der Waals surface area contributed by atoms with Crippen molar-refractivity contribution in [3.05, 3.63) is 78.4 Å². The van der Waals surface area contributed by atoms with E-state index in [1.54, 1.807) is 29.0 Å². The summed E-state index contributed by atoms with van der Waals surface area (Å²) in [6, 6.07) is 18.0. The Morgan fingerprint density at radius 1 is 1.14 bits per heavy atom. The van der Waals surface area contributed by atoms with Gasteiger partial charge in [0, 0.05) is 23.3 Å². The molecule has 0 spiro atoms. The van der Waals surface area contributed by atoms with Gasteiger partial charge in [0.2, 0.25) is 5.88 Å². The number of fused-ring (bicyclic) bond motifs is 1. The molecule has 2 heterocycles. The summed E-state index contributed by atoms with van der Waals surface area (Å²) in [5.74, 6) is 0.828. The number of carbonyl (C=O) groups is 1. The topological polar surface area (TPSA) is 92.8 Å². The molecule has 2 aromatic carbocycles. The van der Waals surface area contributed by atoms with Crippen LogP contribution in [0.2, 0.25) is 0 Å². The monoisotopic (exact) mass is 369 g/mol. The van der Waals surface area contributed by atoms with E-state index in [4.69, 9.17) is 10.00 Å². The predicted molar refractivity (Wildman–Crippen MR) is 104 cm³/mol. The third-order valence-electron chi connectivity index (χ3n) is 4.13. The maximum atomic E-state index is 12.6. The summed E-state index contributed by atoms with van der Waals surface area (Å²) < 4.78 is 7.24. The fourth-order valence-corrected chi connectivity index (χ4v) is 2.84. The largest absolute Gasteiger partial charge is 0.439 e. The number of aryl methyl sites for hydroxylation is 1. The number of hydrogen-bond acceptors (Lipinski definition) is 5. The third-order valence-corrected chi connectivity index (χ3v) is 4.13. The molecule has 0 saturated heterocycles. The summed E-state index contributed by atoms with van der Waals surface area (Å²) >= 11 is 0. The second kappa shape index (κ2) is 7.21. The van der Waals surface area contributed by atoms with E-state index in [-0.39, 0.29) is 17.6 Å². The highest BCUT2D eigenvalue weighted by atomic mass is 16.5. The highest BCUT2D eigenvalue weighted by molar-refractivity contribution is 5.98. The van der Waals surface area contributed by atoms with Crippen molar-refractivity contribution < 1.29 is 9.53 Å². The summed E-state index contributed by atoms with van der Waals surface area (Å²) in [6.45, 7) is 1.97. The van der Waals surface area contributed by atoms with Crippen molar-refractivity contribution in [2.45, 2.75) is 6.92 Å². The molecule has 0 fully saturated rings. The van der Waals surface area contributed by atoms with Crippen molar-refractivity contribution in [1.82, 2.24) is 14.5 Å². The number of hydrogen-bond donors (Lipinski definition) is 1. The summed E-state index contributed by atoms with van der Waals surface area (Å²) in [7, 11) is 0. The molecule has 1 N–H and O–H groups in total. The Morgan fingerprint density at radius 2 is 2.04 bits per heavy atom. The van der Waals surface area contributed by atoms with Gasteiger partial charge in [-0.2, -0.15) is 5.26 Å². The van der Waals surface area contributed by atoms with Gasteiger partial charge in [-0.1, -0.05) is 12.1 Å². The summed E-state index contributed by atoms with van der Waals surface area (Å²) in [5, 5.41) is 12.6. The van der Waals surface area contributed by atoms with E-state index >= 15 is 0 Å². The zero-order valence-electron chi connectivity index (χ0n) is 15.0. The summed E-state index contributed by atoms with van der Waals surface area (Å²) in [6.07, 6.45) is 2.98. The molecule has 0 bridgehead atoms.